The molecule has 0 spiro atoms. The van der Waals surface area contributed by atoms with E-state index in [4.69, 9.17) is 5.73 Å². The molecule has 0 saturated carbocycles. The lowest BCUT2D eigenvalue weighted by Gasteiger charge is -2.53. The molecule has 5 heteroatoms. The molecule has 116 valence electrons. The van der Waals surface area contributed by atoms with Gasteiger partial charge in [0.25, 0.3) is 0 Å². The summed E-state index contributed by atoms with van der Waals surface area (Å²) in [5, 5.41) is 0. The summed E-state index contributed by atoms with van der Waals surface area (Å²) in [6, 6.07) is 7.83. The Kier molecular flexibility index (Phi) is 3.53. The summed E-state index contributed by atoms with van der Waals surface area (Å²) in [5.41, 5.74) is 7.22. The third-order valence-corrected chi connectivity index (χ3v) is 4.44. The fraction of sp³-hybridized carbons (Fsp3) is 0.412. The molecule has 5 nitrogen and oxygen atoms in total. The number of benzene rings is 1. The molecule has 2 aromatic rings. The van der Waals surface area contributed by atoms with Gasteiger partial charge in [-0.2, -0.15) is 0 Å². The summed E-state index contributed by atoms with van der Waals surface area (Å²) in [5.74, 6) is 0.715. The van der Waals surface area contributed by atoms with Gasteiger partial charge < -0.3 is 10.3 Å². The molecule has 1 atom stereocenters. The van der Waals surface area contributed by atoms with Crippen molar-refractivity contribution in [2.45, 2.75) is 26.4 Å². The molecular formula is C17H22N4O. The van der Waals surface area contributed by atoms with Crippen LogP contribution in [0.4, 0.5) is 0 Å². The molecule has 2 heterocycles. The molecule has 1 amide bonds. The van der Waals surface area contributed by atoms with Gasteiger partial charge in [-0.05, 0) is 17.7 Å². The lowest BCUT2D eigenvalue weighted by Crippen LogP contribution is -2.55. The molecule has 1 aliphatic heterocycles. The first-order chi connectivity index (χ1) is 10.4. The Balaban J connectivity index is 1.78. The van der Waals surface area contributed by atoms with Crippen LogP contribution in [0.25, 0.3) is 0 Å². The third-order valence-electron chi connectivity index (χ3n) is 4.44. The number of hydrogen-bond donors (Lipinski definition) is 1. The van der Waals surface area contributed by atoms with Crippen LogP contribution in [0.1, 0.15) is 41.6 Å². The quantitative estimate of drug-likeness (QED) is 0.940. The van der Waals surface area contributed by atoms with Crippen molar-refractivity contribution in [2.24, 2.45) is 18.2 Å². The van der Waals surface area contributed by atoms with Gasteiger partial charge in [0.1, 0.15) is 5.82 Å². The van der Waals surface area contributed by atoms with Gasteiger partial charge in [-0.15, -0.1) is 0 Å². The first kappa shape index (κ1) is 14.8. The normalized spacial score (nSPS) is 20.6. The minimum Gasteiger partial charge on any atom is -0.366 e. The average Bonchev–Trinajstić information content (AvgIpc) is 2.84. The lowest BCUT2D eigenvalue weighted by atomic mass is 9.74. The van der Waals surface area contributed by atoms with Crippen molar-refractivity contribution in [2.75, 3.05) is 6.54 Å². The summed E-state index contributed by atoms with van der Waals surface area (Å²) < 4.78 is 2.09. The van der Waals surface area contributed by atoms with Crippen LogP contribution in [0, 0.1) is 5.41 Å². The summed E-state index contributed by atoms with van der Waals surface area (Å²) >= 11 is 0. The SMILES string of the molecule is Cn1ccnc1[C@H]1N(Cc2ccc(C(N)=O)cc2)CC1(C)C. The summed E-state index contributed by atoms with van der Waals surface area (Å²) in [6.07, 6.45) is 3.84. The zero-order valence-electron chi connectivity index (χ0n) is 13.3. The van der Waals surface area contributed by atoms with Crippen LogP contribution in [0.15, 0.2) is 36.7 Å². The van der Waals surface area contributed by atoms with E-state index in [1.54, 1.807) is 12.1 Å². The second-order valence-corrected chi connectivity index (χ2v) is 6.75. The van der Waals surface area contributed by atoms with E-state index < -0.39 is 0 Å². The van der Waals surface area contributed by atoms with Crippen LogP contribution in [0.5, 0.6) is 0 Å². The molecule has 0 aliphatic carbocycles. The predicted octanol–water partition coefficient (Wildman–Crippen LogP) is 2.10. The molecule has 22 heavy (non-hydrogen) atoms. The number of rotatable bonds is 4. The van der Waals surface area contributed by atoms with E-state index in [1.165, 1.54) is 5.56 Å². The molecule has 1 saturated heterocycles. The number of nitrogens with zero attached hydrogens (tertiary/aromatic N) is 3. The molecule has 0 radical (unpaired) electrons. The monoisotopic (exact) mass is 298 g/mol. The average molecular weight is 298 g/mol. The molecule has 3 rings (SSSR count). The van der Waals surface area contributed by atoms with E-state index in [0.717, 1.165) is 18.9 Å². The molecule has 1 aromatic carbocycles. The van der Waals surface area contributed by atoms with Crippen molar-refractivity contribution >= 4 is 5.91 Å². The Morgan fingerprint density at radius 1 is 1.36 bits per heavy atom. The molecule has 0 unspecified atom stereocenters. The lowest BCUT2D eigenvalue weighted by molar-refractivity contribution is -0.0649. The van der Waals surface area contributed by atoms with E-state index in [-0.39, 0.29) is 11.3 Å². The maximum Gasteiger partial charge on any atom is 0.248 e. The van der Waals surface area contributed by atoms with E-state index in [1.807, 2.05) is 31.6 Å². The van der Waals surface area contributed by atoms with Crippen LogP contribution >= 0.6 is 0 Å². The number of carbonyl (C=O) groups excluding carboxylic acids is 1. The van der Waals surface area contributed by atoms with Gasteiger partial charge in [0.15, 0.2) is 0 Å². The molecule has 1 fully saturated rings. The van der Waals surface area contributed by atoms with Crippen molar-refractivity contribution in [1.82, 2.24) is 14.5 Å². The van der Waals surface area contributed by atoms with E-state index in [2.05, 4.69) is 28.3 Å². The zero-order valence-corrected chi connectivity index (χ0v) is 13.3. The Hall–Kier alpha value is -2.14. The highest BCUT2D eigenvalue weighted by molar-refractivity contribution is 5.92. The number of nitrogens with two attached hydrogens (primary N) is 1. The Bertz CT molecular complexity index is 687. The van der Waals surface area contributed by atoms with Crippen LogP contribution in [-0.2, 0) is 13.6 Å². The van der Waals surface area contributed by atoms with Gasteiger partial charge in [0.2, 0.25) is 5.91 Å². The van der Waals surface area contributed by atoms with Crippen molar-refractivity contribution in [1.29, 1.82) is 0 Å². The zero-order chi connectivity index (χ0) is 15.9. The Morgan fingerprint density at radius 2 is 2.05 bits per heavy atom. The van der Waals surface area contributed by atoms with Crippen LogP contribution in [0.2, 0.25) is 0 Å². The number of imidazole rings is 1. The minimum absolute atomic E-state index is 0.215. The van der Waals surface area contributed by atoms with Gasteiger partial charge in [-0.25, -0.2) is 4.98 Å². The number of carbonyl (C=O) groups is 1. The number of aryl methyl sites for hydroxylation is 1. The van der Waals surface area contributed by atoms with Crippen molar-refractivity contribution < 1.29 is 4.79 Å². The van der Waals surface area contributed by atoms with Crippen molar-refractivity contribution in [3.05, 3.63) is 53.6 Å². The standard InChI is InChI=1S/C17H22N4O/c1-17(2)11-21(14(17)16-19-8-9-20(16)3)10-12-4-6-13(7-5-12)15(18)22/h4-9,14H,10-11H2,1-3H3,(H2,18,22)/t14-/m1/s1. The summed E-state index contributed by atoms with van der Waals surface area (Å²) in [7, 11) is 2.04. The fourth-order valence-electron chi connectivity index (χ4n) is 3.39. The van der Waals surface area contributed by atoms with Gasteiger partial charge in [0, 0.05) is 43.5 Å². The van der Waals surface area contributed by atoms with Crippen LogP contribution in [-0.4, -0.2) is 26.9 Å². The topological polar surface area (TPSA) is 64.2 Å². The molecule has 0 bridgehead atoms. The van der Waals surface area contributed by atoms with E-state index >= 15 is 0 Å². The smallest absolute Gasteiger partial charge is 0.248 e. The van der Waals surface area contributed by atoms with Gasteiger partial charge >= 0.3 is 0 Å². The van der Waals surface area contributed by atoms with E-state index in [9.17, 15) is 4.79 Å². The summed E-state index contributed by atoms with van der Waals surface area (Å²) in [6.45, 7) is 6.43. The highest BCUT2D eigenvalue weighted by atomic mass is 16.1. The minimum atomic E-state index is -0.387. The first-order valence-electron chi connectivity index (χ1n) is 7.48. The first-order valence-corrected chi connectivity index (χ1v) is 7.48. The summed E-state index contributed by atoms with van der Waals surface area (Å²) in [4.78, 5) is 18.1. The highest BCUT2D eigenvalue weighted by Gasteiger charge is 2.48. The second kappa shape index (κ2) is 5.25. The van der Waals surface area contributed by atoms with E-state index in [0.29, 0.717) is 11.6 Å². The van der Waals surface area contributed by atoms with Crippen LogP contribution < -0.4 is 5.73 Å². The fourth-order valence-corrected chi connectivity index (χ4v) is 3.39. The molecule has 2 N–H and O–H groups in total. The Labute approximate surface area is 130 Å². The molecule has 1 aromatic heterocycles. The number of hydrogen-bond acceptors (Lipinski definition) is 3. The highest BCUT2D eigenvalue weighted by Crippen LogP contribution is 2.48. The number of aromatic nitrogens is 2. The van der Waals surface area contributed by atoms with Gasteiger partial charge in [0.05, 0.1) is 6.04 Å². The molecular weight excluding hydrogens is 276 g/mol. The van der Waals surface area contributed by atoms with Crippen molar-refractivity contribution in [3.8, 4) is 0 Å². The largest absolute Gasteiger partial charge is 0.366 e. The number of amides is 1. The maximum atomic E-state index is 11.1. The van der Waals surface area contributed by atoms with Crippen LogP contribution in [0.3, 0.4) is 0 Å². The third kappa shape index (κ3) is 2.52. The molecule has 1 aliphatic rings. The second-order valence-electron chi connectivity index (χ2n) is 6.75. The number of likely N-dealkylation sites (tertiary alicyclic amines) is 1. The Morgan fingerprint density at radius 3 is 2.55 bits per heavy atom. The number of primary amides is 1. The maximum absolute atomic E-state index is 11.1. The predicted molar refractivity (Wildman–Crippen MR) is 85.1 cm³/mol. The van der Waals surface area contributed by atoms with Gasteiger partial charge in [-0.3, -0.25) is 9.69 Å². The van der Waals surface area contributed by atoms with Crippen molar-refractivity contribution in [3.63, 3.8) is 0 Å². The van der Waals surface area contributed by atoms with Gasteiger partial charge in [-0.1, -0.05) is 26.0 Å².